The maximum Gasteiger partial charge on any atom is 0.418 e. The molecule has 1 heterocycles. The number of fused-ring (bicyclic) bond motifs is 5. The Morgan fingerprint density at radius 3 is 2.30 bits per heavy atom. The molecule has 4 aliphatic rings. The summed E-state index contributed by atoms with van der Waals surface area (Å²) in [6.07, 6.45) is -3.78. The number of carbonyl (C=O) groups is 2. The van der Waals surface area contributed by atoms with Crippen LogP contribution < -0.4 is 10.6 Å². The van der Waals surface area contributed by atoms with Gasteiger partial charge < -0.3 is 10.6 Å². The van der Waals surface area contributed by atoms with Gasteiger partial charge in [-0.3, -0.25) is 9.59 Å². The van der Waals surface area contributed by atoms with Gasteiger partial charge in [-0.2, -0.15) is 26.3 Å². The minimum Gasteiger partial charge on any atom is -0.353 e. The van der Waals surface area contributed by atoms with E-state index in [0.717, 1.165) is 38.5 Å². The van der Waals surface area contributed by atoms with Gasteiger partial charge in [0.25, 0.3) is 0 Å². The number of benzene rings is 1. The fourth-order valence-electron chi connectivity index (χ4n) is 8.42. The number of hydrogen-bond donors (Lipinski definition) is 2. The maximum atomic E-state index is 13.6. The van der Waals surface area contributed by atoms with Crippen molar-refractivity contribution in [1.82, 2.24) is 5.32 Å². The molecule has 2 amide bonds. The molecule has 0 spiro atoms. The summed E-state index contributed by atoms with van der Waals surface area (Å²) in [5, 5.41) is 5.43. The summed E-state index contributed by atoms with van der Waals surface area (Å²) in [5.41, 5.74) is -3.83. The van der Waals surface area contributed by atoms with Crippen molar-refractivity contribution in [2.24, 2.45) is 34.5 Å². The van der Waals surface area contributed by atoms with Gasteiger partial charge >= 0.3 is 12.4 Å². The Bertz CT molecular complexity index is 1100. The molecule has 2 N–H and O–H groups in total. The molecular formula is C27H32F6N2O2. The monoisotopic (exact) mass is 530 g/mol. The van der Waals surface area contributed by atoms with E-state index in [9.17, 15) is 35.9 Å². The number of nitrogens with one attached hydrogen (secondary N) is 2. The highest BCUT2D eigenvalue weighted by atomic mass is 19.4. The van der Waals surface area contributed by atoms with Crippen molar-refractivity contribution in [2.75, 3.05) is 5.32 Å². The van der Waals surface area contributed by atoms with Gasteiger partial charge in [-0.15, -0.1) is 0 Å². The molecule has 10 heteroatoms. The molecule has 0 bridgehead atoms. The summed E-state index contributed by atoms with van der Waals surface area (Å²) in [6, 6.07) is 1.29. The summed E-state index contributed by atoms with van der Waals surface area (Å²) >= 11 is 0. The lowest BCUT2D eigenvalue weighted by atomic mass is 9.47. The molecule has 0 aromatic heterocycles. The summed E-state index contributed by atoms with van der Waals surface area (Å²) in [7, 11) is 0. The van der Waals surface area contributed by atoms with E-state index in [2.05, 4.69) is 17.6 Å². The number of halogens is 6. The van der Waals surface area contributed by atoms with E-state index in [-0.39, 0.29) is 23.3 Å². The Balaban J connectivity index is 1.39. The summed E-state index contributed by atoms with van der Waals surface area (Å²) < 4.78 is 80.4. The highest BCUT2D eigenvalue weighted by Crippen LogP contribution is 2.65. The van der Waals surface area contributed by atoms with Crippen molar-refractivity contribution >= 4 is 17.5 Å². The van der Waals surface area contributed by atoms with Crippen LogP contribution in [0.3, 0.4) is 0 Å². The first-order chi connectivity index (χ1) is 17.1. The van der Waals surface area contributed by atoms with Crippen LogP contribution in [0.1, 0.15) is 76.3 Å². The molecule has 1 saturated heterocycles. The third kappa shape index (κ3) is 4.32. The average molecular weight is 531 g/mol. The van der Waals surface area contributed by atoms with Crippen molar-refractivity contribution in [1.29, 1.82) is 0 Å². The minimum atomic E-state index is -4.91. The predicted molar refractivity (Wildman–Crippen MR) is 124 cm³/mol. The zero-order valence-corrected chi connectivity index (χ0v) is 20.9. The first kappa shape index (κ1) is 26.4. The van der Waals surface area contributed by atoms with Crippen LogP contribution in [0.25, 0.3) is 0 Å². The SMILES string of the molecule is C[C@]12CCC(=O)N[C@H]1CC[C@@H]1[C@@H]2CC[C@]2(C)[C@H](C(=O)Nc3cc(C(F)(F)F)ccc3C(F)(F)F)CC[C@@H]12. The van der Waals surface area contributed by atoms with Gasteiger partial charge in [0, 0.05) is 18.4 Å². The first-order valence-electron chi connectivity index (χ1n) is 13.0. The summed E-state index contributed by atoms with van der Waals surface area (Å²) in [5.74, 6) is -0.170. The van der Waals surface area contributed by atoms with Crippen LogP contribution in [0.15, 0.2) is 18.2 Å². The second kappa shape index (κ2) is 8.63. The lowest BCUT2D eigenvalue weighted by Gasteiger charge is -2.60. The number of anilines is 1. The molecule has 3 aliphatic carbocycles. The smallest absolute Gasteiger partial charge is 0.353 e. The van der Waals surface area contributed by atoms with Crippen molar-refractivity contribution in [3.05, 3.63) is 29.3 Å². The standard InChI is InChI=1S/C27H32F6N2O2/c1-24-11-9-17-15(4-8-21-25(17,2)12-10-22(36)35-21)16(24)6-7-19(24)23(37)34-20-13-14(26(28,29)30)3-5-18(20)27(31,32)33/h3,5,13,15-17,19,21H,4,6-12H2,1-2H3,(H,34,37)(H,35,36)/t15-,16-,17-,19-,21-,24-,25+/m0/s1. The van der Waals surface area contributed by atoms with Crippen LogP contribution in [0.4, 0.5) is 32.0 Å². The molecule has 4 nitrogen and oxygen atoms in total. The number of amides is 2. The number of piperidine rings is 1. The third-order valence-electron chi connectivity index (χ3n) is 10.3. The molecule has 204 valence electrons. The van der Waals surface area contributed by atoms with Crippen LogP contribution in [0.5, 0.6) is 0 Å². The van der Waals surface area contributed by atoms with E-state index in [0.29, 0.717) is 42.9 Å². The van der Waals surface area contributed by atoms with E-state index in [1.165, 1.54) is 0 Å². The normalized spacial score (nSPS) is 37.7. The van der Waals surface area contributed by atoms with E-state index >= 15 is 0 Å². The Labute approximate surface area is 211 Å². The van der Waals surface area contributed by atoms with Crippen LogP contribution in [-0.2, 0) is 21.9 Å². The Kier molecular flexibility index (Phi) is 6.15. The van der Waals surface area contributed by atoms with Crippen molar-refractivity contribution in [3.63, 3.8) is 0 Å². The number of hydrogen-bond acceptors (Lipinski definition) is 2. The van der Waals surface area contributed by atoms with E-state index in [1.807, 2.05) is 6.92 Å². The molecule has 4 fully saturated rings. The van der Waals surface area contributed by atoms with Crippen molar-refractivity contribution in [3.8, 4) is 0 Å². The highest BCUT2D eigenvalue weighted by molar-refractivity contribution is 5.94. The van der Waals surface area contributed by atoms with Crippen LogP contribution in [0.2, 0.25) is 0 Å². The molecule has 5 rings (SSSR count). The van der Waals surface area contributed by atoms with Gasteiger partial charge in [0.05, 0.1) is 16.8 Å². The first-order valence-corrected chi connectivity index (χ1v) is 13.0. The Morgan fingerprint density at radius 2 is 1.62 bits per heavy atom. The highest BCUT2D eigenvalue weighted by Gasteiger charge is 2.61. The lowest BCUT2D eigenvalue weighted by Crippen LogP contribution is -2.61. The molecule has 37 heavy (non-hydrogen) atoms. The van der Waals surface area contributed by atoms with E-state index in [1.54, 1.807) is 0 Å². The van der Waals surface area contributed by atoms with Gasteiger partial charge in [0.1, 0.15) is 0 Å². The topological polar surface area (TPSA) is 58.2 Å². The zero-order valence-electron chi connectivity index (χ0n) is 20.9. The largest absolute Gasteiger partial charge is 0.418 e. The van der Waals surface area contributed by atoms with Gasteiger partial charge in [-0.25, -0.2) is 0 Å². The summed E-state index contributed by atoms with van der Waals surface area (Å²) in [4.78, 5) is 25.4. The number of carbonyl (C=O) groups excluding carboxylic acids is 2. The molecule has 3 saturated carbocycles. The third-order valence-corrected chi connectivity index (χ3v) is 10.3. The van der Waals surface area contributed by atoms with Gasteiger partial charge in [0.15, 0.2) is 0 Å². The second-order valence-corrected chi connectivity index (χ2v) is 12.0. The molecule has 1 aromatic rings. The second-order valence-electron chi connectivity index (χ2n) is 12.0. The van der Waals surface area contributed by atoms with Gasteiger partial charge in [-0.1, -0.05) is 13.8 Å². The van der Waals surface area contributed by atoms with Gasteiger partial charge in [0.2, 0.25) is 11.8 Å². The molecule has 1 aliphatic heterocycles. The Hall–Kier alpha value is -2.26. The van der Waals surface area contributed by atoms with Crippen LogP contribution in [0, 0.1) is 34.5 Å². The van der Waals surface area contributed by atoms with Crippen molar-refractivity contribution < 1.29 is 35.9 Å². The summed E-state index contributed by atoms with van der Waals surface area (Å²) in [6.45, 7) is 4.28. The fraction of sp³-hybridized carbons (Fsp3) is 0.704. The minimum absolute atomic E-state index is 0.0157. The Morgan fingerprint density at radius 1 is 0.919 bits per heavy atom. The van der Waals surface area contributed by atoms with Crippen molar-refractivity contribution in [2.45, 2.75) is 83.6 Å². The van der Waals surface area contributed by atoms with E-state index < -0.39 is 46.4 Å². The molecule has 7 atom stereocenters. The molecule has 0 radical (unpaired) electrons. The molecular weight excluding hydrogens is 498 g/mol. The van der Waals surface area contributed by atoms with E-state index in [4.69, 9.17) is 0 Å². The molecule has 0 unspecified atom stereocenters. The number of alkyl halides is 6. The average Bonchev–Trinajstić information content (AvgIpc) is 3.15. The predicted octanol–water partition coefficient (Wildman–Crippen LogP) is 6.80. The zero-order chi connectivity index (χ0) is 27.0. The van der Waals surface area contributed by atoms with Gasteiger partial charge in [-0.05, 0) is 91.7 Å². The number of rotatable bonds is 2. The fourth-order valence-corrected chi connectivity index (χ4v) is 8.42. The van der Waals surface area contributed by atoms with Crippen LogP contribution >= 0.6 is 0 Å². The lowest BCUT2D eigenvalue weighted by molar-refractivity contribution is -0.141. The maximum absolute atomic E-state index is 13.6. The quantitative estimate of drug-likeness (QED) is 0.413. The molecule has 1 aromatic carbocycles. The van der Waals surface area contributed by atoms with Crippen LogP contribution in [-0.4, -0.2) is 17.9 Å².